The minimum absolute atomic E-state index is 0. The van der Waals surface area contributed by atoms with Crippen LogP contribution in [0.2, 0.25) is 0 Å². The number of amides is 1. The average molecular weight is 359 g/mol. The Bertz CT molecular complexity index is 641. The van der Waals surface area contributed by atoms with Crippen LogP contribution in [-0.4, -0.2) is 34.4 Å². The van der Waals surface area contributed by atoms with Gasteiger partial charge in [-0.2, -0.15) is 27.0 Å². The van der Waals surface area contributed by atoms with E-state index in [1.807, 2.05) is 16.0 Å². The molecule has 22 heavy (non-hydrogen) atoms. The highest BCUT2D eigenvalue weighted by Crippen LogP contribution is 2.37. The Hall–Kier alpha value is -0.700. The first-order chi connectivity index (χ1) is 9.83. The van der Waals surface area contributed by atoms with E-state index >= 15 is 0 Å². The Morgan fingerprint density at radius 2 is 2.32 bits per heavy atom. The monoisotopic (exact) mass is 358 g/mol. The zero-order valence-corrected chi connectivity index (χ0v) is 15.0. The number of aromatic nitrogens is 2. The standard InChI is InChI=1S/C14H18N4OS.2H2S/c19-13(12-8-17-14-18(12)4-5-20-14)16-7-11-10-3-1-2-9(10)6-15-11;;/h4-5,8-11,15H,1-3,6-7H2,(H,16,19);2*1H2/t9-,10-,11+;;/m0../s1. The summed E-state index contributed by atoms with van der Waals surface area (Å²) in [5.41, 5.74) is 0.627. The third kappa shape index (κ3) is 3.02. The Kier molecular flexibility index (Phi) is 5.81. The van der Waals surface area contributed by atoms with Crippen LogP contribution >= 0.6 is 38.3 Å². The third-order valence-electron chi connectivity index (χ3n) is 4.74. The lowest BCUT2D eigenvalue weighted by atomic mass is 9.94. The number of imidazole rings is 1. The van der Waals surface area contributed by atoms with E-state index in [-0.39, 0.29) is 32.9 Å². The Morgan fingerprint density at radius 1 is 1.45 bits per heavy atom. The molecule has 2 fully saturated rings. The van der Waals surface area contributed by atoms with Gasteiger partial charge in [-0.25, -0.2) is 4.98 Å². The quantitative estimate of drug-likeness (QED) is 0.879. The van der Waals surface area contributed by atoms with Gasteiger partial charge in [0.2, 0.25) is 0 Å². The molecule has 2 aromatic heterocycles. The van der Waals surface area contributed by atoms with Crippen LogP contribution in [0.4, 0.5) is 0 Å². The van der Waals surface area contributed by atoms with Crippen LogP contribution in [0, 0.1) is 11.8 Å². The zero-order valence-electron chi connectivity index (χ0n) is 12.2. The number of carbonyl (C=O) groups is 1. The normalized spacial score (nSPS) is 26.3. The van der Waals surface area contributed by atoms with Gasteiger partial charge in [0.05, 0.1) is 6.20 Å². The maximum atomic E-state index is 12.3. The second kappa shape index (κ2) is 7.25. The highest BCUT2D eigenvalue weighted by molar-refractivity contribution is 7.59. The summed E-state index contributed by atoms with van der Waals surface area (Å²) in [6.07, 6.45) is 7.55. The van der Waals surface area contributed by atoms with Gasteiger partial charge < -0.3 is 10.6 Å². The SMILES string of the molecule is O=C(NC[C@H]1NC[C@@H]2CCC[C@@H]21)c1cnc2sccn12.S.S. The second-order valence-corrected chi connectivity index (χ2v) is 6.65. The van der Waals surface area contributed by atoms with Crippen molar-refractivity contribution in [1.29, 1.82) is 0 Å². The van der Waals surface area contributed by atoms with Gasteiger partial charge in [0, 0.05) is 24.2 Å². The van der Waals surface area contributed by atoms with Gasteiger partial charge in [-0.05, 0) is 31.2 Å². The average Bonchev–Trinajstić information content (AvgIpc) is 3.16. The molecule has 1 saturated heterocycles. The topological polar surface area (TPSA) is 58.4 Å². The number of fused-ring (bicyclic) bond motifs is 2. The predicted octanol–water partition coefficient (Wildman–Crippen LogP) is 1.74. The molecule has 0 bridgehead atoms. The number of hydrogen-bond donors (Lipinski definition) is 2. The van der Waals surface area contributed by atoms with Crippen LogP contribution in [0.25, 0.3) is 4.96 Å². The maximum absolute atomic E-state index is 12.3. The Morgan fingerprint density at radius 3 is 3.18 bits per heavy atom. The molecule has 3 heterocycles. The number of carbonyl (C=O) groups excluding carboxylic acids is 1. The fourth-order valence-electron chi connectivity index (χ4n) is 3.71. The number of rotatable bonds is 3. The molecule has 1 saturated carbocycles. The van der Waals surface area contributed by atoms with Crippen molar-refractivity contribution < 1.29 is 4.79 Å². The molecule has 0 spiro atoms. The molecular formula is C14H22N4OS3. The minimum atomic E-state index is -0.0286. The Labute approximate surface area is 147 Å². The molecular weight excluding hydrogens is 336 g/mol. The fourth-order valence-corrected chi connectivity index (χ4v) is 4.41. The van der Waals surface area contributed by atoms with Crippen LogP contribution < -0.4 is 10.6 Å². The first-order valence-electron chi connectivity index (χ1n) is 7.25. The summed E-state index contributed by atoms with van der Waals surface area (Å²) in [5.74, 6) is 1.55. The van der Waals surface area contributed by atoms with Crippen molar-refractivity contribution in [1.82, 2.24) is 20.0 Å². The molecule has 3 atom stereocenters. The molecule has 2 aliphatic rings. The molecule has 5 nitrogen and oxygen atoms in total. The summed E-state index contributed by atoms with van der Waals surface area (Å²) >= 11 is 1.54. The van der Waals surface area contributed by atoms with Crippen molar-refractivity contribution in [3.63, 3.8) is 0 Å². The largest absolute Gasteiger partial charge is 0.349 e. The van der Waals surface area contributed by atoms with Gasteiger partial charge in [-0.1, -0.05) is 6.42 Å². The number of hydrogen-bond acceptors (Lipinski definition) is 4. The van der Waals surface area contributed by atoms with Gasteiger partial charge in [-0.3, -0.25) is 9.20 Å². The van der Waals surface area contributed by atoms with E-state index in [0.29, 0.717) is 11.7 Å². The van der Waals surface area contributed by atoms with E-state index in [0.717, 1.165) is 29.9 Å². The molecule has 2 N–H and O–H groups in total. The summed E-state index contributed by atoms with van der Waals surface area (Å²) in [6, 6.07) is 0.442. The highest BCUT2D eigenvalue weighted by Gasteiger charge is 2.38. The van der Waals surface area contributed by atoms with Crippen molar-refractivity contribution in [3.05, 3.63) is 23.5 Å². The summed E-state index contributed by atoms with van der Waals surface area (Å²) in [4.78, 5) is 17.4. The molecule has 0 radical (unpaired) electrons. The van der Waals surface area contributed by atoms with Gasteiger partial charge in [0.25, 0.3) is 5.91 Å². The van der Waals surface area contributed by atoms with Crippen LogP contribution in [0.15, 0.2) is 17.8 Å². The Balaban J connectivity index is 0.000000882. The smallest absolute Gasteiger partial charge is 0.270 e. The first kappa shape index (κ1) is 17.7. The van der Waals surface area contributed by atoms with E-state index in [1.165, 1.54) is 19.3 Å². The molecule has 1 amide bonds. The first-order valence-corrected chi connectivity index (χ1v) is 8.13. The molecule has 8 heteroatoms. The van der Waals surface area contributed by atoms with Crippen molar-refractivity contribution >= 4 is 49.2 Å². The molecule has 122 valence electrons. The highest BCUT2D eigenvalue weighted by atomic mass is 32.1. The van der Waals surface area contributed by atoms with Crippen LogP contribution in [0.5, 0.6) is 0 Å². The number of nitrogens with zero attached hydrogens (tertiary/aromatic N) is 2. The van der Waals surface area contributed by atoms with E-state index in [2.05, 4.69) is 15.6 Å². The zero-order chi connectivity index (χ0) is 13.5. The number of thiazole rings is 1. The minimum Gasteiger partial charge on any atom is -0.349 e. The van der Waals surface area contributed by atoms with Gasteiger partial charge in [0.1, 0.15) is 5.69 Å². The molecule has 1 aliphatic carbocycles. The van der Waals surface area contributed by atoms with Crippen molar-refractivity contribution in [2.45, 2.75) is 25.3 Å². The predicted molar refractivity (Wildman–Crippen MR) is 98.8 cm³/mol. The van der Waals surface area contributed by atoms with E-state index in [1.54, 1.807) is 17.5 Å². The lowest BCUT2D eigenvalue weighted by molar-refractivity contribution is 0.0942. The van der Waals surface area contributed by atoms with E-state index in [4.69, 9.17) is 0 Å². The van der Waals surface area contributed by atoms with Gasteiger partial charge >= 0.3 is 0 Å². The second-order valence-electron chi connectivity index (χ2n) is 5.78. The van der Waals surface area contributed by atoms with Crippen molar-refractivity contribution in [2.75, 3.05) is 13.1 Å². The van der Waals surface area contributed by atoms with E-state index in [9.17, 15) is 4.79 Å². The van der Waals surface area contributed by atoms with Crippen LogP contribution in [0.1, 0.15) is 29.8 Å². The molecule has 1 aliphatic heterocycles. The van der Waals surface area contributed by atoms with Crippen molar-refractivity contribution in [2.24, 2.45) is 11.8 Å². The fraction of sp³-hybridized carbons (Fsp3) is 0.571. The van der Waals surface area contributed by atoms with Gasteiger partial charge in [-0.15, -0.1) is 11.3 Å². The summed E-state index contributed by atoms with van der Waals surface area (Å²) in [5, 5.41) is 8.57. The van der Waals surface area contributed by atoms with Crippen LogP contribution in [0.3, 0.4) is 0 Å². The number of nitrogens with one attached hydrogen (secondary N) is 2. The molecule has 2 aromatic rings. The summed E-state index contributed by atoms with van der Waals surface area (Å²) in [6.45, 7) is 1.84. The maximum Gasteiger partial charge on any atom is 0.270 e. The van der Waals surface area contributed by atoms with Gasteiger partial charge in [0.15, 0.2) is 4.96 Å². The van der Waals surface area contributed by atoms with E-state index < -0.39 is 0 Å². The molecule has 0 aromatic carbocycles. The molecule has 0 unspecified atom stereocenters. The lowest BCUT2D eigenvalue weighted by Gasteiger charge is -2.18. The summed E-state index contributed by atoms with van der Waals surface area (Å²) < 4.78 is 1.85. The summed E-state index contributed by atoms with van der Waals surface area (Å²) in [7, 11) is 0. The van der Waals surface area contributed by atoms with Crippen molar-refractivity contribution in [3.8, 4) is 0 Å². The lowest BCUT2D eigenvalue weighted by Crippen LogP contribution is -2.40. The third-order valence-corrected chi connectivity index (χ3v) is 5.51. The van der Waals surface area contributed by atoms with Crippen LogP contribution in [-0.2, 0) is 0 Å². The molecule has 4 rings (SSSR count).